The van der Waals surface area contributed by atoms with Crippen LogP contribution in [0.5, 0.6) is 0 Å². The largest absolute Gasteiger partial charge is 0.382 e. The summed E-state index contributed by atoms with van der Waals surface area (Å²) in [7, 11) is 1.69. The average Bonchev–Trinajstić information content (AvgIpc) is 2.05. The van der Waals surface area contributed by atoms with Crippen molar-refractivity contribution in [1.29, 1.82) is 0 Å². The summed E-state index contributed by atoms with van der Waals surface area (Å²) in [6.45, 7) is 4.41. The molecular weight excluding hydrogens is 208 g/mol. The van der Waals surface area contributed by atoms with Crippen LogP contribution in [-0.4, -0.2) is 32.3 Å². The SMILES string of the molecule is CCC(CBr)COCCOC. The Labute approximate surface area is 77.4 Å². The van der Waals surface area contributed by atoms with Crippen molar-refractivity contribution in [3.05, 3.63) is 0 Å². The van der Waals surface area contributed by atoms with Crippen LogP contribution in [0.1, 0.15) is 13.3 Å². The third-order valence-electron chi connectivity index (χ3n) is 1.58. The van der Waals surface area contributed by atoms with Gasteiger partial charge in [-0.15, -0.1) is 0 Å². The maximum atomic E-state index is 5.36. The van der Waals surface area contributed by atoms with Crippen molar-refractivity contribution in [2.24, 2.45) is 5.92 Å². The Hall–Kier alpha value is 0.400. The molecule has 0 bridgehead atoms. The van der Waals surface area contributed by atoms with E-state index < -0.39 is 0 Å². The first-order valence-electron chi connectivity index (χ1n) is 3.97. The van der Waals surface area contributed by atoms with Gasteiger partial charge in [0.15, 0.2) is 0 Å². The van der Waals surface area contributed by atoms with Gasteiger partial charge in [0.05, 0.1) is 19.8 Å². The van der Waals surface area contributed by atoms with Gasteiger partial charge in [-0.25, -0.2) is 0 Å². The minimum absolute atomic E-state index is 0.645. The topological polar surface area (TPSA) is 18.5 Å². The number of hydrogen-bond donors (Lipinski definition) is 0. The van der Waals surface area contributed by atoms with Crippen LogP contribution in [0.4, 0.5) is 0 Å². The lowest BCUT2D eigenvalue weighted by Crippen LogP contribution is -2.12. The van der Waals surface area contributed by atoms with E-state index in [1.807, 2.05) is 0 Å². The quantitative estimate of drug-likeness (QED) is 0.487. The Morgan fingerprint density at radius 3 is 2.55 bits per heavy atom. The van der Waals surface area contributed by atoms with E-state index in [1.165, 1.54) is 0 Å². The molecule has 0 heterocycles. The molecule has 0 fully saturated rings. The maximum Gasteiger partial charge on any atom is 0.0700 e. The number of rotatable bonds is 7. The zero-order chi connectivity index (χ0) is 8.53. The zero-order valence-electron chi connectivity index (χ0n) is 7.31. The first kappa shape index (κ1) is 11.4. The summed E-state index contributed by atoms with van der Waals surface area (Å²) in [6, 6.07) is 0. The van der Waals surface area contributed by atoms with Gasteiger partial charge >= 0.3 is 0 Å². The van der Waals surface area contributed by atoms with Crippen molar-refractivity contribution < 1.29 is 9.47 Å². The Kier molecular flexibility index (Phi) is 8.81. The predicted octanol–water partition coefficient (Wildman–Crippen LogP) is 2.07. The number of methoxy groups -OCH3 is 1. The van der Waals surface area contributed by atoms with Crippen LogP contribution in [0.3, 0.4) is 0 Å². The fraction of sp³-hybridized carbons (Fsp3) is 1.00. The van der Waals surface area contributed by atoms with Crippen molar-refractivity contribution in [2.75, 3.05) is 32.3 Å². The van der Waals surface area contributed by atoms with Gasteiger partial charge in [0.25, 0.3) is 0 Å². The lowest BCUT2D eigenvalue weighted by Gasteiger charge is -2.10. The van der Waals surface area contributed by atoms with Gasteiger partial charge in [-0.2, -0.15) is 0 Å². The molecule has 1 unspecified atom stereocenters. The second kappa shape index (κ2) is 8.50. The van der Waals surface area contributed by atoms with Gasteiger partial charge in [0, 0.05) is 12.4 Å². The number of halogens is 1. The van der Waals surface area contributed by atoms with Crippen LogP contribution in [0.15, 0.2) is 0 Å². The first-order chi connectivity index (χ1) is 5.35. The van der Waals surface area contributed by atoms with Crippen molar-refractivity contribution >= 4 is 15.9 Å². The second-order valence-electron chi connectivity index (χ2n) is 2.50. The molecule has 3 heteroatoms. The average molecular weight is 225 g/mol. The van der Waals surface area contributed by atoms with Crippen LogP contribution >= 0.6 is 15.9 Å². The molecule has 0 aliphatic carbocycles. The van der Waals surface area contributed by atoms with E-state index in [9.17, 15) is 0 Å². The molecule has 0 aliphatic heterocycles. The normalized spacial score (nSPS) is 13.4. The minimum atomic E-state index is 0.645. The molecule has 1 atom stereocenters. The van der Waals surface area contributed by atoms with Crippen LogP contribution < -0.4 is 0 Å². The van der Waals surface area contributed by atoms with Crippen LogP contribution in [-0.2, 0) is 9.47 Å². The number of ether oxygens (including phenoxy) is 2. The zero-order valence-corrected chi connectivity index (χ0v) is 8.89. The Morgan fingerprint density at radius 1 is 1.36 bits per heavy atom. The summed E-state index contributed by atoms with van der Waals surface area (Å²) in [5, 5.41) is 1.02. The molecule has 0 aliphatic rings. The summed E-state index contributed by atoms with van der Waals surface area (Å²) < 4.78 is 10.2. The van der Waals surface area contributed by atoms with Gasteiger partial charge < -0.3 is 9.47 Å². The fourth-order valence-corrected chi connectivity index (χ4v) is 1.31. The van der Waals surface area contributed by atoms with Gasteiger partial charge in [-0.1, -0.05) is 29.3 Å². The fourth-order valence-electron chi connectivity index (χ4n) is 0.664. The number of hydrogen-bond acceptors (Lipinski definition) is 2. The summed E-state index contributed by atoms with van der Waals surface area (Å²) in [5.41, 5.74) is 0. The van der Waals surface area contributed by atoms with Gasteiger partial charge in [0.2, 0.25) is 0 Å². The van der Waals surface area contributed by atoms with E-state index in [1.54, 1.807) is 7.11 Å². The molecule has 0 rings (SSSR count). The molecule has 0 aromatic carbocycles. The summed E-state index contributed by atoms with van der Waals surface area (Å²) in [4.78, 5) is 0. The monoisotopic (exact) mass is 224 g/mol. The summed E-state index contributed by atoms with van der Waals surface area (Å²) >= 11 is 3.43. The summed E-state index contributed by atoms with van der Waals surface area (Å²) in [5.74, 6) is 0.645. The molecule has 0 aromatic heterocycles. The van der Waals surface area contributed by atoms with E-state index in [0.717, 1.165) is 18.4 Å². The molecule has 0 saturated carbocycles. The van der Waals surface area contributed by atoms with Gasteiger partial charge in [0.1, 0.15) is 0 Å². The summed E-state index contributed by atoms with van der Waals surface area (Å²) in [6.07, 6.45) is 1.16. The van der Waals surface area contributed by atoms with Gasteiger partial charge in [-0.05, 0) is 5.92 Å². The molecule has 0 saturated heterocycles. The standard InChI is InChI=1S/C8H17BrO2/c1-3-8(6-9)7-11-5-4-10-2/h8H,3-7H2,1-2H3. The molecule has 0 amide bonds. The van der Waals surface area contributed by atoms with Crippen molar-refractivity contribution in [3.63, 3.8) is 0 Å². The third-order valence-corrected chi connectivity index (χ3v) is 2.50. The van der Waals surface area contributed by atoms with Crippen molar-refractivity contribution in [1.82, 2.24) is 0 Å². The maximum absolute atomic E-state index is 5.36. The van der Waals surface area contributed by atoms with Crippen molar-refractivity contribution in [3.8, 4) is 0 Å². The van der Waals surface area contributed by atoms with Gasteiger partial charge in [-0.3, -0.25) is 0 Å². The Balaban J connectivity index is 3.07. The Bertz CT molecular complexity index is 74.5. The van der Waals surface area contributed by atoms with E-state index >= 15 is 0 Å². The van der Waals surface area contributed by atoms with E-state index in [0.29, 0.717) is 19.1 Å². The van der Waals surface area contributed by atoms with E-state index in [2.05, 4.69) is 22.9 Å². The lowest BCUT2D eigenvalue weighted by molar-refractivity contribution is 0.0547. The van der Waals surface area contributed by atoms with Crippen LogP contribution in [0.2, 0.25) is 0 Å². The molecule has 0 radical (unpaired) electrons. The highest BCUT2D eigenvalue weighted by atomic mass is 79.9. The predicted molar refractivity (Wildman–Crippen MR) is 50.3 cm³/mol. The highest BCUT2D eigenvalue weighted by molar-refractivity contribution is 9.09. The van der Waals surface area contributed by atoms with Crippen LogP contribution in [0, 0.1) is 5.92 Å². The molecule has 0 spiro atoms. The Morgan fingerprint density at radius 2 is 2.09 bits per heavy atom. The highest BCUT2D eigenvalue weighted by Crippen LogP contribution is 2.06. The third kappa shape index (κ3) is 6.78. The molecule has 0 N–H and O–H groups in total. The molecule has 2 nitrogen and oxygen atoms in total. The van der Waals surface area contributed by atoms with Crippen LogP contribution in [0.25, 0.3) is 0 Å². The minimum Gasteiger partial charge on any atom is -0.382 e. The molecule has 11 heavy (non-hydrogen) atoms. The van der Waals surface area contributed by atoms with Crippen molar-refractivity contribution in [2.45, 2.75) is 13.3 Å². The van der Waals surface area contributed by atoms with E-state index in [4.69, 9.17) is 9.47 Å². The molecule has 0 aromatic rings. The lowest BCUT2D eigenvalue weighted by atomic mass is 10.1. The second-order valence-corrected chi connectivity index (χ2v) is 3.14. The molecular formula is C8H17BrO2. The molecule has 68 valence electrons. The van der Waals surface area contributed by atoms with E-state index in [-0.39, 0.29) is 0 Å². The highest BCUT2D eigenvalue weighted by Gasteiger charge is 2.02. The first-order valence-corrected chi connectivity index (χ1v) is 5.09. The smallest absolute Gasteiger partial charge is 0.0700 e. The number of alkyl halides is 1.